The molecule has 314 valence electrons. The van der Waals surface area contributed by atoms with Crippen molar-refractivity contribution in [2.24, 2.45) is 33.5 Å². The molecule has 6 fully saturated rings. The summed E-state index contributed by atoms with van der Waals surface area (Å²) in [5, 5.41) is 11.9. The summed E-state index contributed by atoms with van der Waals surface area (Å²) in [6.07, 6.45) is 12.2. The Bertz CT molecular complexity index is 1510. The Morgan fingerprint density at radius 1 is 0.839 bits per heavy atom. The average molecular weight is 785 g/mol. The van der Waals surface area contributed by atoms with E-state index in [0.717, 1.165) is 77.2 Å². The van der Waals surface area contributed by atoms with Gasteiger partial charge in [-0.15, -0.1) is 0 Å². The van der Waals surface area contributed by atoms with Gasteiger partial charge in [0.15, 0.2) is 0 Å². The number of hydrogen-bond acceptors (Lipinski definition) is 7. The largest absolute Gasteiger partial charge is 0.347 e. The highest BCUT2D eigenvalue weighted by Crippen LogP contribution is 2.88. The molecule has 6 atom stereocenters. The van der Waals surface area contributed by atoms with E-state index in [1.165, 1.54) is 0 Å². The number of nitrogens with zero attached hydrogens (tertiary/aromatic N) is 2. The van der Waals surface area contributed by atoms with Gasteiger partial charge in [0.25, 0.3) is 5.91 Å². The first-order valence-electron chi connectivity index (χ1n) is 21.8. The van der Waals surface area contributed by atoms with E-state index in [-0.39, 0.29) is 52.5 Å². The molecule has 0 radical (unpaired) electrons. The molecular weight excluding hydrogens is 716 g/mol. The highest BCUT2D eigenvalue weighted by Gasteiger charge is 2.85. The first-order valence-corrected chi connectivity index (χ1v) is 21.8. The zero-order valence-electron chi connectivity index (χ0n) is 34.9. The molecule has 0 bridgehead atoms. The number of Topliss-reactive ketones (excluding diaryl/α,β-unsaturated/α-hetero) is 1. The molecule has 0 aromatic carbocycles. The Kier molecular flexibility index (Phi) is 12.6. The van der Waals surface area contributed by atoms with Gasteiger partial charge in [0.2, 0.25) is 29.4 Å². The summed E-state index contributed by atoms with van der Waals surface area (Å²) in [7, 11) is 0. The third kappa shape index (κ3) is 8.13. The summed E-state index contributed by atoms with van der Waals surface area (Å²) in [5.74, 6) is -3.20. The summed E-state index contributed by atoms with van der Waals surface area (Å²) < 4.78 is 13.2. The van der Waals surface area contributed by atoms with Crippen LogP contribution in [0.25, 0.3) is 0 Å². The quantitative estimate of drug-likeness (QED) is 0.182. The highest BCUT2D eigenvalue weighted by atomic mass is 19.1. The molecule has 2 saturated heterocycles. The predicted octanol–water partition coefficient (Wildman–Crippen LogP) is 4.19. The van der Waals surface area contributed by atoms with Crippen LogP contribution >= 0.6 is 0 Å². The van der Waals surface area contributed by atoms with Gasteiger partial charge in [0.05, 0.1) is 12.0 Å². The van der Waals surface area contributed by atoms with Crippen LogP contribution in [0.4, 0.5) is 4.39 Å². The lowest BCUT2D eigenvalue weighted by atomic mass is 9.73. The molecule has 2 spiro atoms. The molecule has 56 heavy (non-hydrogen) atoms. The molecule has 2 heterocycles. The molecule has 13 heteroatoms. The van der Waals surface area contributed by atoms with Gasteiger partial charge in [-0.05, 0) is 92.9 Å². The number of likely N-dealkylation sites (tertiary alicyclic amines) is 2. The normalized spacial score (nSPS) is 28.8. The fraction of sp³-hybridized carbons (Fsp3) is 0.860. The monoisotopic (exact) mass is 785 g/mol. The Morgan fingerprint density at radius 2 is 1.54 bits per heavy atom. The number of hydrogen-bond donors (Lipinski definition) is 4. The number of rotatable bonds is 15. The van der Waals surface area contributed by atoms with E-state index in [1.807, 2.05) is 32.6 Å². The zero-order chi connectivity index (χ0) is 40.6. The third-order valence-electron chi connectivity index (χ3n) is 15.1. The lowest BCUT2D eigenvalue weighted by molar-refractivity contribution is -0.145. The van der Waals surface area contributed by atoms with Gasteiger partial charge in [0, 0.05) is 31.1 Å². The third-order valence-corrected chi connectivity index (χ3v) is 15.1. The van der Waals surface area contributed by atoms with Gasteiger partial charge in [0.1, 0.15) is 24.8 Å². The van der Waals surface area contributed by atoms with E-state index >= 15 is 4.79 Å². The number of halogens is 1. The van der Waals surface area contributed by atoms with Crippen LogP contribution in [0.5, 0.6) is 0 Å². The maximum absolute atomic E-state index is 15.1. The number of fused-ring (bicyclic) bond motifs is 1. The molecule has 4 aliphatic carbocycles. The molecule has 0 unspecified atom stereocenters. The Labute approximate surface area is 333 Å². The number of piperidine rings is 1. The fourth-order valence-electron chi connectivity index (χ4n) is 11.3. The summed E-state index contributed by atoms with van der Waals surface area (Å²) in [6.45, 7) is 13.4. The Balaban J connectivity index is 1.24. The second-order valence-electron chi connectivity index (χ2n) is 19.8. The molecule has 4 N–H and O–H groups in total. The van der Waals surface area contributed by atoms with Crippen LogP contribution in [0.2, 0.25) is 0 Å². The van der Waals surface area contributed by atoms with Crippen molar-refractivity contribution < 1.29 is 33.2 Å². The van der Waals surface area contributed by atoms with E-state index < -0.39 is 59.8 Å². The molecule has 6 aliphatic rings. The van der Waals surface area contributed by atoms with Crippen LogP contribution in [0, 0.1) is 33.5 Å². The molecule has 4 saturated carbocycles. The second-order valence-corrected chi connectivity index (χ2v) is 19.8. The van der Waals surface area contributed by atoms with Gasteiger partial charge in [-0.3, -0.25) is 33.7 Å². The van der Waals surface area contributed by atoms with Crippen LogP contribution in [0.1, 0.15) is 138 Å². The first-order chi connectivity index (χ1) is 26.5. The minimum atomic E-state index is -1.00. The Morgan fingerprint density at radius 3 is 2.11 bits per heavy atom. The molecule has 0 aromatic heterocycles. The van der Waals surface area contributed by atoms with Gasteiger partial charge >= 0.3 is 0 Å². The van der Waals surface area contributed by atoms with Crippen molar-refractivity contribution in [1.82, 2.24) is 31.1 Å². The van der Waals surface area contributed by atoms with Crippen LogP contribution in [0.15, 0.2) is 0 Å². The number of amides is 5. The molecule has 2 aliphatic heterocycles. The van der Waals surface area contributed by atoms with Crippen molar-refractivity contribution in [3.63, 3.8) is 0 Å². The molecule has 12 nitrogen and oxygen atoms in total. The topological polar surface area (TPSA) is 157 Å². The number of nitrogens with one attached hydrogen (secondary N) is 4. The summed E-state index contributed by atoms with van der Waals surface area (Å²) in [6, 6.07) is -3.71. The van der Waals surface area contributed by atoms with E-state index in [2.05, 4.69) is 35.1 Å². The zero-order valence-corrected chi connectivity index (χ0v) is 34.9. The maximum Gasteiger partial charge on any atom is 0.289 e. The minimum Gasteiger partial charge on any atom is -0.347 e. The Hall–Kier alpha value is -3.09. The van der Waals surface area contributed by atoms with Crippen molar-refractivity contribution in [1.29, 1.82) is 0 Å². The smallest absolute Gasteiger partial charge is 0.289 e. The molecule has 5 amide bonds. The van der Waals surface area contributed by atoms with Crippen LogP contribution in [-0.2, 0) is 28.8 Å². The number of carbonyl (C=O) groups excluding carboxylic acids is 6. The van der Waals surface area contributed by atoms with Crippen LogP contribution < -0.4 is 21.3 Å². The average Bonchev–Trinajstić information content (AvgIpc) is 3.97. The van der Waals surface area contributed by atoms with Crippen molar-refractivity contribution in [3.05, 3.63) is 0 Å². The van der Waals surface area contributed by atoms with Crippen molar-refractivity contribution in [2.75, 3.05) is 32.9 Å². The second kappa shape index (κ2) is 16.6. The van der Waals surface area contributed by atoms with E-state index in [9.17, 15) is 28.4 Å². The number of ketones is 1. The lowest BCUT2D eigenvalue weighted by Crippen LogP contribution is -2.62. The molecular formula is C43H69FN6O6. The lowest BCUT2D eigenvalue weighted by Gasteiger charge is -2.38. The van der Waals surface area contributed by atoms with Gasteiger partial charge in [-0.1, -0.05) is 73.6 Å². The molecule has 0 aromatic rings. The van der Waals surface area contributed by atoms with Crippen molar-refractivity contribution in [3.8, 4) is 0 Å². The predicted molar refractivity (Wildman–Crippen MR) is 211 cm³/mol. The number of carbonyl (C=O) groups is 6. The van der Waals surface area contributed by atoms with Crippen LogP contribution in [0.3, 0.4) is 0 Å². The first kappa shape index (κ1) is 42.5. The van der Waals surface area contributed by atoms with Crippen LogP contribution in [-0.4, -0.2) is 108 Å². The minimum absolute atomic E-state index is 0.00333. The van der Waals surface area contributed by atoms with E-state index in [4.69, 9.17) is 0 Å². The standard InChI is InChI=1S/C43H69FN6O6/c1-7-13-30(33(51)38(55)45-29-17-18-29)46-36(53)31-24-43(41(5,6)42(43)19-12-20-42)26-50(31)39(56)34(40(2,3)4)48-37(54)32(27-14-9-8-10-15-27)47-35(52)28-16-11-22-49(25-28)23-21-44/h27-32,34H,7-26H2,1-6H3,(H,45,55)(H,46,53)(H,47,52)(H,48,54)/t28-,30+,31+,32+,34-,43-/m1/s1. The van der Waals surface area contributed by atoms with E-state index in [1.54, 1.807) is 4.90 Å². The van der Waals surface area contributed by atoms with Gasteiger partial charge in [-0.25, -0.2) is 4.39 Å². The van der Waals surface area contributed by atoms with E-state index in [0.29, 0.717) is 38.8 Å². The fourth-order valence-corrected chi connectivity index (χ4v) is 11.3. The van der Waals surface area contributed by atoms with Gasteiger partial charge in [-0.2, -0.15) is 0 Å². The van der Waals surface area contributed by atoms with Crippen molar-refractivity contribution in [2.45, 2.75) is 168 Å². The van der Waals surface area contributed by atoms with Crippen molar-refractivity contribution >= 4 is 35.3 Å². The molecule has 6 rings (SSSR count). The summed E-state index contributed by atoms with van der Waals surface area (Å²) >= 11 is 0. The highest BCUT2D eigenvalue weighted by molar-refractivity contribution is 6.38. The number of alkyl halides is 1. The maximum atomic E-state index is 15.1. The van der Waals surface area contributed by atoms with Gasteiger partial charge < -0.3 is 26.2 Å². The SMILES string of the molecule is CCC[C@H](NC(=O)[C@@H]1C[C@@]2(CN1C(=O)[C@@H](NC(=O)[C@@H](NC(=O)[C@@H]1CCCN(CCF)C1)C1CCCCC1)C(C)(C)C)C(C)(C)C21CCC1)C(=O)C(=O)NC1CC1. The summed E-state index contributed by atoms with van der Waals surface area (Å²) in [4.78, 5) is 87.7. The summed E-state index contributed by atoms with van der Waals surface area (Å²) in [5.41, 5.74) is -1.13.